The van der Waals surface area contributed by atoms with E-state index in [1.54, 1.807) is 42.6 Å². The minimum atomic E-state index is -0.579. The number of pyridine rings is 1. The lowest BCUT2D eigenvalue weighted by Gasteiger charge is -2.03. The normalized spacial score (nSPS) is 10.6. The monoisotopic (exact) mass is 373 g/mol. The van der Waals surface area contributed by atoms with Crippen LogP contribution >= 0.6 is 27.5 Å². The van der Waals surface area contributed by atoms with Gasteiger partial charge in [-0.15, -0.1) is 0 Å². The number of halogens is 2. The minimum absolute atomic E-state index is 0.282. The van der Waals surface area contributed by atoms with E-state index in [0.717, 1.165) is 15.4 Å². The largest absolute Gasteiger partial charge is 0.285 e. The molecule has 0 N–H and O–H groups in total. The van der Waals surface area contributed by atoms with Crippen molar-refractivity contribution in [3.63, 3.8) is 0 Å². The van der Waals surface area contributed by atoms with Crippen LogP contribution in [0.5, 0.6) is 0 Å². The Morgan fingerprint density at radius 2 is 1.68 bits per heavy atom. The second-order valence-corrected chi connectivity index (χ2v) is 6.08. The Morgan fingerprint density at radius 1 is 0.955 bits per heavy atom. The molecule has 3 rings (SSSR count). The van der Waals surface area contributed by atoms with Gasteiger partial charge in [-0.25, -0.2) is 0 Å². The lowest BCUT2D eigenvalue weighted by atomic mass is 10.0. The fourth-order valence-electron chi connectivity index (χ4n) is 2.14. The van der Waals surface area contributed by atoms with Gasteiger partial charge in [0.25, 0.3) is 0 Å². The molecule has 22 heavy (non-hydrogen) atoms. The van der Waals surface area contributed by atoms with Gasteiger partial charge in [0.15, 0.2) is 0 Å². The van der Waals surface area contributed by atoms with Crippen LogP contribution in [0.4, 0.5) is 0 Å². The van der Waals surface area contributed by atoms with Crippen LogP contribution in [-0.2, 0) is 0 Å². The number of rotatable bonds is 3. The van der Waals surface area contributed by atoms with Gasteiger partial charge in [-0.05, 0) is 52.3 Å². The molecule has 0 bridgehead atoms. The third-order valence-corrected chi connectivity index (χ3v) is 3.87. The van der Waals surface area contributed by atoms with Crippen molar-refractivity contribution in [3.8, 4) is 0 Å². The molecule has 0 fully saturated rings. The zero-order chi connectivity index (χ0) is 15.7. The third kappa shape index (κ3) is 2.93. The highest BCUT2D eigenvalue weighted by Crippen LogP contribution is 2.20. The van der Waals surface area contributed by atoms with Gasteiger partial charge in [0, 0.05) is 32.2 Å². The molecule has 3 aromatic rings. The van der Waals surface area contributed by atoms with Crippen molar-refractivity contribution in [2.45, 2.75) is 0 Å². The van der Waals surface area contributed by atoms with E-state index in [1.807, 2.05) is 6.07 Å². The summed E-state index contributed by atoms with van der Waals surface area (Å²) in [6, 6.07) is 13.2. The minimum Gasteiger partial charge on any atom is -0.285 e. The number of carbonyl (C=O) groups is 2. The number of ketones is 2. The predicted molar refractivity (Wildman–Crippen MR) is 89.6 cm³/mol. The second-order valence-electron chi connectivity index (χ2n) is 4.73. The summed E-state index contributed by atoms with van der Waals surface area (Å²) >= 11 is 9.20. The van der Waals surface area contributed by atoms with Crippen molar-refractivity contribution in [2.75, 3.05) is 0 Å². The van der Waals surface area contributed by atoms with E-state index < -0.39 is 11.6 Å². The van der Waals surface area contributed by atoms with E-state index in [1.165, 1.54) is 6.07 Å². The van der Waals surface area contributed by atoms with Gasteiger partial charge in [-0.3, -0.25) is 14.6 Å². The summed E-state index contributed by atoms with van der Waals surface area (Å²) < 4.78 is 0.811. The van der Waals surface area contributed by atoms with Crippen LogP contribution in [0.25, 0.3) is 10.9 Å². The molecule has 0 aliphatic carbocycles. The van der Waals surface area contributed by atoms with Gasteiger partial charge in [0.1, 0.15) is 0 Å². The van der Waals surface area contributed by atoms with Crippen molar-refractivity contribution in [1.82, 2.24) is 4.98 Å². The maximum Gasteiger partial charge on any atom is 0.233 e. The SMILES string of the molecule is O=C(C(=O)c1ccc2ncc(Br)cc2c1)c1cccc(Cl)c1. The number of hydrogen-bond donors (Lipinski definition) is 0. The van der Waals surface area contributed by atoms with Crippen LogP contribution in [0.15, 0.2) is 59.2 Å². The maximum atomic E-state index is 12.4. The lowest BCUT2D eigenvalue weighted by molar-refractivity contribution is 0.0817. The van der Waals surface area contributed by atoms with E-state index in [0.29, 0.717) is 10.6 Å². The highest BCUT2D eigenvalue weighted by Gasteiger charge is 2.18. The number of Topliss-reactive ketones (excluding diaryl/α,β-unsaturated/α-hetero) is 2. The van der Waals surface area contributed by atoms with Crippen LogP contribution < -0.4 is 0 Å². The average Bonchev–Trinajstić information content (AvgIpc) is 2.52. The summed E-state index contributed by atoms with van der Waals surface area (Å²) in [5, 5.41) is 1.21. The third-order valence-electron chi connectivity index (χ3n) is 3.20. The Labute approximate surface area is 140 Å². The summed E-state index contributed by atoms with van der Waals surface area (Å²) in [7, 11) is 0. The summed E-state index contributed by atoms with van der Waals surface area (Å²) in [5.74, 6) is -1.14. The van der Waals surface area contributed by atoms with Crippen molar-refractivity contribution < 1.29 is 9.59 Å². The molecule has 0 aliphatic heterocycles. The molecule has 0 spiro atoms. The molecule has 0 saturated heterocycles. The topological polar surface area (TPSA) is 47.0 Å². The van der Waals surface area contributed by atoms with Crippen molar-refractivity contribution >= 4 is 50.0 Å². The van der Waals surface area contributed by atoms with Crippen LogP contribution in [0.1, 0.15) is 20.7 Å². The van der Waals surface area contributed by atoms with Gasteiger partial charge in [0.2, 0.25) is 11.6 Å². The smallest absolute Gasteiger partial charge is 0.233 e. The Hall–Kier alpha value is -2.04. The summed E-state index contributed by atoms with van der Waals surface area (Å²) in [4.78, 5) is 28.9. The molecule has 2 aromatic carbocycles. The lowest BCUT2D eigenvalue weighted by Crippen LogP contribution is -2.14. The number of nitrogens with zero attached hydrogens (tertiary/aromatic N) is 1. The van der Waals surface area contributed by atoms with Crippen LogP contribution in [0.3, 0.4) is 0 Å². The molecule has 0 atom stereocenters. The molecule has 3 nitrogen and oxygen atoms in total. The molecular weight excluding hydrogens is 366 g/mol. The average molecular weight is 375 g/mol. The second kappa shape index (κ2) is 5.99. The Morgan fingerprint density at radius 3 is 2.41 bits per heavy atom. The molecule has 0 aliphatic rings. The molecule has 0 amide bonds. The fraction of sp³-hybridized carbons (Fsp3) is 0. The van der Waals surface area contributed by atoms with Gasteiger partial charge in [-0.2, -0.15) is 0 Å². The highest BCUT2D eigenvalue weighted by atomic mass is 79.9. The van der Waals surface area contributed by atoms with Crippen molar-refractivity contribution in [2.24, 2.45) is 0 Å². The molecule has 0 saturated carbocycles. The quantitative estimate of drug-likeness (QED) is 0.492. The number of aromatic nitrogens is 1. The first kappa shape index (κ1) is 14.9. The van der Waals surface area contributed by atoms with Crippen LogP contribution in [0, 0.1) is 0 Å². The van der Waals surface area contributed by atoms with E-state index in [2.05, 4.69) is 20.9 Å². The van der Waals surface area contributed by atoms with Crippen LogP contribution in [-0.4, -0.2) is 16.6 Å². The molecule has 0 radical (unpaired) electrons. The Kier molecular flexibility index (Phi) is 4.05. The first-order chi connectivity index (χ1) is 10.5. The predicted octanol–water partition coefficient (Wildman–Crippen LogP) is 4.72. The van der Waals surface area contributed by atoms with E-state index >= 15 is 0 Å². The number of fused-ring (bicyclic) bond motifs is 1. The summed E-state index contributed by atoms with van der Waals surface area (Å²) in [6.07, 6.45) is 1.68. The highest BCUT2D eigenvalue weighted by molar-refractivity contribution is 9.10. The van der Waals surface area contributed by atoms with E-state index in [4.69, 9.17) is 11.6 Å². The maximum absolute atomic E-state index is 12.4. The molecule has 1 aromatic heterocycles. The summed E-state index contributed by atoms with van der Waals surface area (Å²) in [5.41, 5.74) is 1.37. The molecule has 1 heterocycles. The molecular formula is C17H9BrClNO2. The standard InChI is InChI=1S/C17H9BrClNO2/c18-13-7-12-6-11(4-5-15(12)20-9-13)17(22)16(21)10-2-1-3-14(19)8-10/h1-9H. The van der Waals surface area contributed by atoms with Gasteiger partial charge in [0.05, 0.1) is 5.52 Å². The molecule has 0 unspecified atom stereocenters. The molecule has 5 heteroatoms. The summed E-state index contributed by atoms with van der Waals surface area (Å²) in [6.45, 7) is 0. The van der Waals surface area contributed by atoms with Crippen molar-refractivity contribution in [1.29, 1.82) is 0 Å². The fourth-order valence-corrected chi connectivity index (χ4v) is 2.68. The first-order valence-electron chi connectivity index (χ1n) is 6.44. The van der Waals surface area contributed by atoms with Crippen molar-refractivity contribution in [3.05, 3.63) is 75.4 Å². The van der Waals surface area contributed by atoms with Gasteiger partial charge >= 0.3 is 0 Å². The number of carbonyl (C=O) groups excluding carboxylic acids is 2. The molecule has 108 valence electrons. The van der Waals surface area contributed by atoms with E-state index in [-0.39, 0.29) is 5.56 Å². The zero-order valence-corrected chi connectivity index (χ0v) is 13.6. The Balaban J connectivity index is 1.99. The van der Waals surface area contributed by atoms with Crippen LogP contribution in [0.2, 0.25) is 5.02 Å². The number of hydrogen-bond acceptors (Lipinski definition) is 3. The number of benzene rings is 2. The zero-order valence-electron chi connectivity index (χ0n) is 11.2. The van der Waals surface area contributed by atoms with E-state index in [9.17, 15) is 9.59 Å². The van der Waals surface area contributed by atoms with Gasteiger partial charge in [-0.1, -0.05) is 23.7 Å². The Bertz CT molecular complexity index is 908. The van der Waals surface area contributed by atoms with Gasteiger partial charge < -0.3 is 0 Å². The first-order valence-corrected chi connectivity index (χ1v) is 7.61.